The molecule has 1 N–H and O–H groups in total. The third kappa shape index (κ3) is 14.3. The number of hydrogen-bond donors (Lipinski definition) is 1. The van der Waals surface area contributed by atoms with Crippen LogP contribution in [0, 0.1) is 23.7 Å². The molecule has 2 aromatic heterocycles. The topological polar surface area (TPSA) is 166 Å². The summed E-state index contributed by atoms with van der Waals surface area (Å²) in [5.74, 6) is 0.174. The normalized spacial score (nSPS) is 23.6. The zero-order valence-corrected chi connectivity index (χ0v) is 37.9. The van der Waals surface area contributed by atoms with Gasteiger partial charge in [-0.25, -0.2) is 0 Å². The Hall–Kier alpha value is -3.99. The number of aliphatic hydroxyl groups is 1. The van der Waals surface area contributed by atoms with Gasteiger partial charge in [0, 0.05) is 13.1 Å². The van der Waals surface area contributed by atoms with E-state index in [0.29, 0.717) is 26.3 Å². The highest BCUT2D eigenvalue weighted by Gasteiger charge is 2.46. The number of benzene rings is 2. The van der Waals surface area contributed by atoms with E-state index in [1.165, 1.54) is 0 Å². The molecule has 0 aliphatic carbocycles. The van der Waals surface area contributed by atoms with Gasteiger partial charge in [-0.2, -0.15) is 29.9 Å². The maximum Gasteiger partial charge on any atom is 0.322 e. The Balaban J connectivity index is 0.000000230. The van der Waals surface area contributed by atoms with Gasteiger partial charge in [-0.1, -0.05) is 101 Å². The number of hydrogen-bond acceptors (Lipinski definition) is 12. The number of carbonyl (C=O) groups excluding carboxylic acids is 2. The van der Waals surface area contributed by atoms with E-state index in [9.17, 15) is 14.7 Å². The second-order valence-corrected chi connectivity index (χ2v) is 16.0. The number of aliphatic hydroxyl groups excluding tert-OH is 1. The lowest BCUT2D eigenvalue weighted by Crippen LogP contribution is -2.60. The first-order valence-corrected chi connectivity index (χ1v) is 21.2. The largest absolute Gasteiger partial charge is 0.461 e. The molecule has 61 heavy (non-hydrogen) atoms. The van der Waals surface area contributed by atoms with Crippen molar-refractivity contribution in [1.29, 1.82) is 0 Å². The molecule has 0 spiro atoms. The lowest BCUT2D eigenvalue weighted by Gasteiger charge is -2.46. The number of carbonyl (C=O) groups is 2. The maximum absolute atomic E-state index is 13.2. The van der Waals surface area contributed by atoms with Gasteiger partial charge in [0.1, 0.15) is 18.8 Å². The zero-order valence-electron chi connectivity index (χ0n) is 34.2. The molecule has 4 aromatic rings. The fourth-order valence-corrected chi connectivity index (χ4v) is 7.92. The van der Waals surface area contributed by atoms with Crippen LogP contribution in [0.2, 0.25) is 26.4 Å². The maximum atomic E-state index is 13.2. The Morgan fingerprint density at radius 2 is 0.951 bits per heavy atom. The molecule has 2 amide bonds. The van der Waals surface area contributed by atoms with Crippen LogP contribution >= 0.6 is 58.0 Å². The van der Waals surface area contributed by atoms with Gasteiger partial charge in [-0.05, 0) is 92.8 Å². The van der Waals surface area contributed by atoms with Crippen LogP contribution in [0.15, 0.2) is 86.0 Å². The quantitative estimate of drug-likeness (QED) is 0.122. The van der Waals surface area contributed by atoms with Gasteiger partial charge in [0.05, 0.1) is 31.9 Å². The number of rotatable bonds is 14. The highest BCUT2D eigenvalue weighted by atomic mass is 35.5. The molecule has 0 bridgehead atoms. The van der Waals surface area contributed by atoms with Gasteiger partial charge in [0.2, 0.25) is 26.4 Å². The monoisotopic (exact) mass is 936 g/mol. The smallest absolute Gasteiger partial charge is 0.322 e. The van der Waals surface area contributed by atoms with Crippen molar-refractivity contribution >= 4 is 69.8 Å². The average molecular weight is 939 g/mol. The lowest BCUT2D eigenvalue weighted by atomic mass is 9.80. The van der Waals surface area contributed by atoms with Crippen LogP contribution in [-0.4, -0.2) is 107 Å². The molecule has 2 saturated heterocycles. The van der Waals surface area contributed by atoms with Crippen molar-refractivity contribution in [2.24, 2.45) is 23.7 Å². The third-order valence-corrected chi connectivity index (χ3v) is 11.4. The van der Waals surface area contributed by atoms with E-state index in [4.69, 9.17) is 72.2 Å². The van der Waals surface area contributed by atoms with Crippen LogP contribution in [0.1, 0.15) is 38.8 Å². The summed E-state index contributed by atoms with van der Waals surface area (Å²) in [7, 11) is 0. The van der Waals surface area contributed by atoms with Crippen LogP contribution in [0.4, 0.5) is 0 Å². The van der Waals surface area contributed by atoms with E-state index in [-0.39, 0.29) is 93.2 Å². The molecular weight excluding hydrogens is 890 g/mol. The summed E-state index contributed by atoms with van der Waals surface area (Å²) < 4.78 is 17.7. The fraction of sp³-hybridized carbons (Fsp3) is 0.429. The standard InChI is InChI=1S/C21H24Cl2N4O3.C18H25NO3.C3Cl3N3/c1-4-10-27-16(12-30-21-25-19(22)24-20(23)26-21)13(2)14(3)17(18(27)28)29-11-15-8-6-5-7-9-15;1-4-10-19-16(11-20)13(2)14(3)17(18(19)21)22-12-15-8-6-5-7-9-15;4-1-7-2(5)9-3(6)8-1/h4-9,13-14,16-17H,1,10-12H2,2-3H3;4-9,13-14,16-17,20H,1,10-12H2,2-3H3;. The molecule has 19 heteroatoms. The molecule has 2 aromatic carbocycles. The zero-order chi connectivity index (χ0) is 44.6. The van der Waals surface area contributed by atoms with Gasteiger partial charge in [0.15, 0.2) is 0 Å². The minimum atomic E-state index is -0.544. The van der Waals surface area contributed by atoms with Crippen molar-refractivity contribution in [3.63, 3.8) is 0 Å². The van der Waals surface area contributed by atoms with Crippen LogP contribution in [-0.2, 0) is 32.3 Å². The second-order valence-electron chi connectivity index (χ2n) is 14.4. The van der Waals surface area contributed by atoms with Crippen molar-refractivity contribution in [2.75, 3.05) is 26.3 Å². The summed E-state index contributed by atoms with van der Waals surface area (Å²) in [6, 6.07) is 19.3. The molecule has 2 aliphatic rings. The molecule has 6 rings (SSSR count). The number of likely N-dealkylation sites (tertiary alicyclic amines) is 2. The number of nitrogens with zero attached hydrogens (tertiary/aromatic N) is 8. The fourth-order valence-electron chi connectivity index (χ4n) is 6.96. The summed E-state index contributed by atoms with van der Waals surface area (Å²) >= 11 is 27.6. The molecule has 8 unspecified atom stereocenters. The first kappa shape index (κ1) is 49.7. The van der Waals surface area contributed by atoms with Crippen LogP contribution < -0.4 is 4.74 Å². The summed E-state index contributed by atoms with van der Waals surface area (Å²) in [4.78, 5) is 51.3. The molecule has 0 saturated carbocycles. The number of halogens is 5. The summed E-state index contributed by atoms with van der Waals surface area (Å²) in [5, 5.41) is 9.51. The van der Waals surface area contributed by atoms with Crippen molar-refractivity contribution in [2.45, 2.75) is 65.2 Å². The average Bonchev–Trinajstić information content (AvgIpc) is 3.22. The van der Waals surface area contributed by atoms with Crippen molar-refractivity contribution in [3.8, 4) is 6.01 Å². The highest BCUT2D eigenvalue weighted by molar-refractivity contribution is 6.33. The Morgan fingerprint density at radius 1 is 0.590 bits per heavy atom. The number of amides is 2. The van der Waals surface area contributed by atoms with Gasteiger partial charge in [0.25, 0.3) is 11.8 Å². The Labute approximate surface area is 381 Å². The summed E-state index contributed by atoms with van der Waals surface area (Å²) in [6.45, 7) is 17.4. The molecule has 2 aliphatic heterocycles. The minimum Gasteiger partial charge on any atom is -0.461 e. The Kier molecular flexibility index (Phi) is 20.0. The van der Waals surface area contributed by atoms with Crippen LogP contribution in [0.5, 0.6) is 6.01 Å². The van der Waals surface area contributed by atoms with Crippen molar-refractivity contribution in [1.82, 2.24) is 39.7 Å². The van der Waals surface area contributed by atoms with E-state index in [1.54, 1.807) is 22.0 Å². The van der Waals surface area contributed by atoms with Gasteiger partial charge < -0.3 is 29.1 Å². The van der Waals surface area contributed by atoms with Gasteiger partial charge in [-0.15, -0.1) is 13.2 Å². The van der Waals surface area contributed by atoms with Crippen molar-refractivity contribution in [3.05, 3.63) is 124 Å². The first-order valence-electron chi connectivity index (χ1n) is 19.4. The molecule has 4 heterocycles. The SMILES string of the molecule is C=CCN1C(=O)C(OCc2ccccc2)C(C)C(C)C1CO.C=CCN1C(=O)C(OCc2ccccc2)C(C)C(C)C1COc1nc(Cl)nc(Cl)n1.Clc1nc(Cl)nc(Cl)n1. The number of aromatic nitrogens is 6. The third-order valence-electron chi connectivity index (χ3n) is 10.6. The van der Waals surface area contributed by atoms with E-state index in [1.807, 2.05) is 74.5 Å². The Bertz CT molecular complexity index is 1970. The second kappa shape index (κ2) is 24.6. The molecular formula is C42H49Cl5N8O6. The predicted molar refractivity (Wildman–Crippen MR) is 235 cm³/mol. The molecule has 2 fully saturated rings. The molecule has 14 nitrogen and oxygen atoms in total. The van der Waals surface area contributed by atoms with Gasteiger partial charge >= 0.3 is 6.01 Å². The van der Waals surface area contributed by atoms with E-state index in [2.05, 4.69) is 56.9 Å². The Morgan fingerprint density at radius 3 is 1.33 bits per heavy atom. The minimum absolute atomic E-state index is 0.000000000000000444. The summed E-state index contributed by atoms with van der Waals surface area (Å²) in [6.07, 6.45) is 2.37. The van der Waals surface area contributed by atoms with Crippen molar-refractivity contribution < 1.29 is 28.9 Å². The number of piperidine rings is 2. The number of ether oxygens (including phenoxy) is 3. The predicted octanol–water partition coefficient (Wildman–Crippen LogP) is 7.88. The van der Waals surface area contributed by atoms with E-state index >= 15 is 0 Å². The summed E-state index contributed by atoms with van der Waals surface area (Å²) in [5.41, 5.74) is 2.07. The van der Waals surface area contributed by atoms with Crippen LogP contribution in [0.3, 0.4) is 0 Å². The van der Waals surface area contributed by atoms with Gasteiger partial charge in [-0.3, -0.25) is 9.59 Å². The molecule has 328 valence electrons. The molecule has 0 radical (unpaired) electrons. The van der Waals surface area contributed by atoms with E-state index < -0.39 is 12.2 Å². The first-order chi connectivity index (χ1) is 29.2. The lowest BCUT2D eigenvalue weighted by molar-refractivity contribution is -0.165. The molecule has 8 atom stereocenters. The van der Waals surface area contributed by atoms with Crippen LogP contribution in [0.25, 0.3) is 0 Å². The highest BCUT2D eigenvalue weighted by Crippen LogP contribution is 2.34. The van der Waals surface area contributed by atoms with E-state index in [0.717, 1.165) is 11.1 Å².